The number of hydrogen-bond donors (Lipinski definition) is 1. The second-order valence-corrected chi connectivity index (χ2v) is 10.2. The van der Waals surface area contributed by atoms with E-state index in [0.29, 0.717) is 41.8 Å². The standard InChI is InChI=1S/C30H31N5O3/c1-5-27(37)33-15-23(16-33)32-26(36)17-35-20(4)28(25-13-21(14-31)12-18(2)29(25)35)30(38)34-11-10-22-8-6-7-9-24(22)19(34)3/h5-9,12-13,19,23H,1,10-11,15-17H2,2-4H3,(H,32,36). The molecule has 1 N–H and O–H groups in total. The summed E-state index contributed by atoms with van der Waals surface area (Å²) in [4.78, 5) is 42.4. The lowest BCUT2D eigenvalue weighted by Gasteiger charge is -2.39. The van der Waals surface area contributed by atoms with Gasteiger partial charge in [-0.3, -0.25) is 14.4 Å². The van der Waals surface area contributed by atoms with Crippen molar-refractivity contribution < 1.29 is 14.4 Å². The van der Waals surface area contributed by atoms with Crippen molar-refractivity contribution in [2.45, 2.75) is 45.8 Å². The first-order chi connectivity index (χ1) is 18.2. The molecule has 1 atom stereocenters. The molecule has 1 saturated heterocycles. The average Bonchev–Trinajstić information content (AvgIpc) is 3.16. The molecule has 1 unspecified atom stereocenters. The van der Waals surface area contributed by atoms with Gasteiger partial charge in [-0.25, -0.2) is 0 Å². The number of likely N-dealkylation sites (tertiary alicyclic amines) is 1. The van der Waals surface area contributed by atoms with E-state index in [4.69, 9.17) is 0 Å². The predicted molar refractivity (Wildman–Crippen MR) is 144 cm³/mol. The molecule has 5 rings (SSSR count). The quantitative estimate of drug-likeness (QED) is 0.533. The molecule has 0 radical (unpaired) electrons. The predicted octanol–water partition coefficient (Wildman–Crippen LogP) is 3.40. The van der Waals surface area contributed by atoms with Crippen LogP contribution in [0.25, 0.3) is 10.9 Å². The van der Waals surface area contributed by atoms with Crippen molar-refractivity contribution in [2.75, 3.05) is 19.6 Å². The zero-order valence-electron chi connectivity index (χ0n) is 22.0. The number of aromatic nitrogens is 1. The number of aryl methyl sites for hydroxylation is 1. The first-order valence-corrected chi connectivity index (χ1v) is 12.9. The van der Waals surface area contributed by atoms with Gasteiger partial charge in [-0.05, 0) is 62.1 Å². The highest BCUT2D eigenvalue weighted by Crippen LogP contribution is 2.35. The maximum atomic E-state index is 14.1. The topological polar surface area (TPSA) is 98.4 Å². The van der Waals surface area contributed by atoms with Crippen molar-refractivity contribution in [1.82, 2.24) is 19.7 Å². The lowest BCUT2D eigenvalue weighted by atomic mass is 9.92. The molecule has 1 fully saturated rings. The summed E-state index contributed by atoms with van der Waals surface area (Å²) in [5.41, 5.74) is 5.72. The Hall–Kier alpha value is -4.38. The summed E-state index contributed by atoms with van der Waals surface area (Å²) in [6, 6.07) is 13.7. The highest BCUT2D eigenvalue weighted by atomic mass is 16.2. The number of fused-ring (bicyclic) bond motifs is 2. The van der Waals surface area contributed by atoms with Gasteiger partial charge in [0, 0.05) is 30.7 Å². The number of carbonyl (C=O) groups excluding carboxylic acids is 3. The summed E-state index contributed by atoms with van der Waals surface area (Å²) in [7, 11) is 0. The van der Waals surface area contributed by atoms with Crippen LogP contribution in [0.2, 0.25) is 0 Å². The van der Waals surface area contributed by atoms with Crippen LogP contribution in [0.3, 0.4) is 0 Å². The van der Waals surface area contributed by atoms with Crippen LogP contribution in [0.5, 0.6) is 0 Å². The summed E-state index contributed by atoms with van der Waals surface area (Å²) in [6.45, 7) is 10.8. The van der Waals surface area contributed by atoms with Crippen LogP contribution < -0.4 is 5.32 Å². The molecule has 0 saturated carbocycles. The average molecular weight is 510 g/mol. The second-order valence-electron chi connectivity index (χ2n) is 10.2. The minimum Gasteiger partial charge on any atom is -0.348 e. The zero-order valence-corrected chi connectivity index (χ0v) is 22.0. The monoisotopic (exact) mass is 509 g/mol. The molecule has 38 heavy (non-hydrogen) atoms. The Balaban J connectivity index is 1.48. The molecule has 8 heteroatoms. The van der Waals surface area contributed by atoms with E-state index in [1.807, 2.05) is 42.4 Å². The minimum absolute atomic E-state index is 0.0344. The molecule has 2 aliphatic heterocycles. The van der Waals surface area contributed by atoms with E-state index in [2.05, 4.69) is 30.1 Å². The third-order valence-electron chi connectivity index (χ3n) is 7.84. The lowest BCUT2D eigenvalue weighted by molar-refractivity contribution is -0.133. The van der Waals surface area contributed by atoms with Gasteiger partial charge in [0.2, 0.25) is 11.8 Å². The van der Waals surface area contributed by atoms with E-state index >= 15 is 0 Å². The van der Waals surface area contributed by atoms with Gasteiger partial charge in [0.15, 0.2) is 0 Å². The molecule has 3 aromatic rings. The van der Waals surface area contributed by atoms with Crippen LogP contribution in [-0.2, 0) is 22.6 Å². The van der Waals surface area contributed by atoms with Gasteiger partial charge < -0.3 is 19.7 Å². The van der Waals surface area contributed by atoms with Crippen molar-refractivity contribution >= 4 is 28.6 Å². The number of benzene rings is 2. The fraction of sp³-hybridized carbons (Fsp3) is 0.333. The zero-order chi connectivity index (χ0) is 27.1. The van der Waals surface area contributed by atoms with E-state index in [1.54, 1.807) is 17.0 Å². The summed E-state index contributed by atoms with van der Waals surface area (Å²) < 4.78 is 1.88. The number of nitrogens with one attached hydrogen (secondary N) is 1. The highest BCUT2D eigenvalue weighted by Gasteiger charge is 2.33. The van der Waals surface area contributed by atoms with Crippen molar-refractivity contribution in [2.24, 2.45) is 0 Å². The summed E-state index contributed by atoms with van der Waals surface area (Å²) in [5, 5.41) is 13.3. The Labute approximate surface area is 222 Å². The SMILES string of the molecule is C=CC(=O)N1CC(NC(=O)Cn2c(C)c(C(=O)N3CCc4ccccc4C3C)c3cc(C#N)cc(C)c32)C1. The Bertz CT molecular complexity index is 1520. The molecule has 194 valence electrons. The fourth-order valence-corrected chi connectivity index (χ4v) is 5.85. The first-order valence-electron chi connectivity index (χ1n) is 12.9. The maximum Gasteiger partial charge on any atom is 0.256 e. The third kappa shape index (κ3) is 4.24. The number of nitriles is 1. The van der Waals surface area contributed by atoms with Crippen LogP contribution in [0.1, 0.15) is 51.3 Å². The first kappa shape index (κ1) is 25.3. The molecule has 2 aliphatic rings. The minimum atomic E-state index is -0.191. The number of nitrogens with zero attached hydrogens (tertiary/aromatic N) is 4. The number of rotatable bonds is 5. The Morgan fingerprint density at radius 3 is 2.63 bits per heavy atom. The molecule has 0 bridgehead atoms. The van der Waals surface area contributed by atoms with Crippen molar-refractivity contribution in [3.05, 3.63) is 82.6 Å². The molecule has 0 aliphatic carbocycles. The van der Waals surface area contributed by atoms with Crippen LogP contribution in [0.15, 0.2) is 49.1 Å². The summed E-state index contributed by atoms with van der Waals surface area (Å²) in [5.74, 6) is -0.436. The van der Waals surface area contributed by atoms with Crippen molar-refractivity contribution in [1.29, 1.82) is 5.26 Å². The number of amides is 3. The van der Waals surface area contributed by atoms with Gasteiger partial charge in [0.1, 0.15) is 6.54 Å². The van der Waals surface area contributed by atoms with Gasteiger partial charge in [-0.15, -0.1) is 0 Å². The molecule has 3 heterocycles. The van der Waals surface area contributed by atoms with Crippen LogP contribution in [-0.4, -0.2) is 57.8 Å². The molecule has 1 aromatic heterocycles. The Morgan fingerprint density at radius 2 is 1.92 bits per heavy atom. The van der Waals surface area contributed by atoms with E-state index in [-0.39, 0.29) is 36.3 Å². The second kappa shape index (κ2) is 9.82. The van der Waals surface area contributed by atoms with Crippen LogP contribution in [0, 0.1) is 25.2 Å². The fourth-order valence-electron chi connectivity index (χ4n) is 5.85. The third-order valence-corrected chi connectivity index (χ3v) is 7.84. The number of hydrogen-bond acceptors (Lipinski definition) is 4. The molecule has 2 aromatic carbocycles. The van der Waals surface area contributed by atoms with Gasteiger partial charge in [-0.1, -0.05) is 30.8 Å². The van der Waals surface area contributed by atoms with E-state index in [1.165, 1.54) is 11.6 Å². The molecule has 3 amide bonds. The van der Waals surface area contributed by atoms with Gasteiger partial charge in [-0.2, -0.15) is 5.26 Å². The molecule has 0 spiro atoms. The molecule has 8 nitrogen and oxygen atoms in total. The molecular formula is C30H31N5O3. The van der Waals surface area contributed by atoms with Gasteiger partial charge in [0.25, 0.3) is 5.91 Å². The highest BCUT2D eigenvalue weighted by molar-refractivity contribution is 6.10. The maximum absolute atomic E-state index is 14.1. The lowest BCUT2D eigenvalue weighted by Crippen LogP contribution is -2.61. The Kier molecular flexibility index (Phi) is 6.53. The van der Waals surface area contributed by atoms with Crippen LogP contribution >= 0.6 is 0 Å². The van der Waals surface area contributed by atoms with E-state index in [0.717, 1.165) is 23.1 Å². The smallest absolute Gasteiger partial charge is 0.256 e. The Morgan fingerprint density at radius 1 is 1.18 bits per heavy atom. The number of carbonyl (C=O) groups is 3. The molecular weight excluding hydrogens is 478 g/mol. The van der Waals surface area contributed by atoms with Gasteiger partial charge in [0.05, 0.1) is 34.8 Å². The van der Waals surface area contributed by atoms with Gasteiger partial charge >= 0.3 is 0 Å². The largest absolute Gasteiger partial charge is 0.348 e. The normalized spacial score (nSPS) is 16.9. The van der Waals surface area contributed by atoms with Crippen molar-refractivity contribution in [3.63, 3.8) is 0 Å². The van der Waals surface area contributed by atoms with Crippen molar-refractivity contribution in [3.8, 4) is 6.07 Å². The van der Waals surface area contributed by atoms with E-state index < -0.39 is 0 Å². The van der Waals surface area contributed by atoms with E-state index in [9.17, 15) is 19.6 Å². The summed E-state index contributed by atoms with van der Waals surface area (Å²) >= 11 is 0. The van der Waals surface area contributed by atoms with Crippen LogP contribution in [0.4, 0.5) is 0 Å². The summed E-state index contributed by atoms with van der Waals surface area (Å²) in [6.07, 6.45) is 2.05.